The maximum atomic E-state index is 12.5. The number of hydrogen-bond donors (Lipinski definition) is 0. The minimum Gasteiger partial charge on any atom is -0.295 e. The molecule has 0 aliphatic carbocycles. The lowest BCUT2D eigenvalue weighted by molar-refractivity contribution is 0.795. The monoisotopic (exact) mass is 545 g/mol. The van der Waals surface area contributed by atoms with Crippen molar-refractivity contribution in [3.8, 4) is 56.4 Å². The van der Waals surface area contributed by atoms with E-state index in [1.165, 1.54) is 0 Å². The Labute approximate surface area is 243 Å². The molecule has 0 aliphatic rings. The highest BCUT2D eigenvalue weighted by Crippen LogP contribution is 2.30. The van der Waals surface area contributed by atoms with Gasteiger partial charge in [0, 0.05) is 30.8 Å². The van der Waals surface area contributed by atoms with E-state index < -0.39 is 0 Å². The van der Waals surface area contributed by atoms with Gasteiger partial charge in [-0.3, -0.25) is 9.13 Å². The third-order valence-corrected chi connectivity index (χ3v) is 7.62. The van der Waals surface area contributed by atoms with Crippen molar-refractivity contribution in [3.05, 3.63) is 138 Å². The van der Waals surface area contributed by atoms with Crippen molar-refractivity contribution in [1.82, 2.24) is 24.1 Å². The molecule has 7 rings (SSSR count). The predicted octanol–water partition coefficient (Wildman–Crippen LogP) is 7.40. The normalized spacial score (nSPS) is 11.2. The lowest BCUT2D eigenvalue weighted by Gasteiger charge is -2.11. The Morgan fingerprint density at radius 2 is 0.833 bits per heavy atom. The van der Waals surface area contributed by atoms with Crippen molar-refractivity contribution < 1.29 is 0 Å². The number of hydrogen-bond acceptors (Lipinski definition) is 4. The molecule has 0 aliphatic heterocycles. The number of fused-ring (bicyclic) bond motifs is 1. The first-order valence-corrected chi connectivity index (χ1v) is 13.8. The lowest BCUT2D eigenvalue weighted by atomic mass is 10.0. The number of aromatic nitrogens is 5. The van der Waals surface area contributed by atoms with Crippen LogP contribution in [0.2, 0.25) is 0 Å². The Balaban J connectivity index is 1.36. The summed E-state index contributed by atoms with van der Waals surface area (Å²) in [6.07, 6.45) is 0. The van der Waals surface area contributed by atoms with Gasteiger partial charge in [-0.2, -0.15) is 0 Å². The summed E-state index contributed by atoms with van der Waals surface area (Å²) in [5, 5.41) is 0. The summed E-state index contributed by atoms with van der Waals surface area (Å²) in [6.45, 7) is 0. The molecule has 5 aromatic carbocycles. The maximum absolute atomic E-state index is 12.5. The van der Waals surface area contributed by atoms with Crippen LogP contribution in [0.4, 0.5) is 0 Å². The fourth-order valence-electron chi connectivity index (χ4n) is 5.34. The van der Waals surface area contributed by atoms with Crippen LogP contribution in [-0.4, -0.2) is 24.1 Å². The van der Waals surface area contributed by atoms with Crippen LogP contribution in [0.15, 0.2) is 132 Å². The van der Waals surface area contributed by atoms with Crippen molar-refractivity contribution in [2.24, 2.45) is 14.1 Å². The molecule has 0 bridgehead atoms. The fourth-order valence-corrected chi connectivity index (χ4v) is 5.34. The molecular weight excluding hydrogens is 518 g/mol. The summed E-state index contributed by atoms with van der Waals surface area (Å²) in [5.41, 5.74) is 8.73. The Kier molecular flexibility index (Phi) is 6.28. The molecular formula is C36H27N5O. The van der Waals surface area contributed by atoms with Gasteiger partial charge in [0.15, 0.2) is 17.5 Å². The van der Waals surface area contributed by atoms with Gasteiger partial charge in [0.1, 0.15) is 0 Å². The van der Waals surface area contributed by atoms with Crippen molar-refractivity contribution in [3.63, 3.8) is 0 Å². The van der Waals surface area contributed by atoms with Crippen LogP contribution < -0.4 is 5.69 Å². The third-order valence-electron chi connectivity index (χ3n) is 7.62. The van der Waals surface area contributed by atoms with E-state index in [4.69, 9.17) is 15.0 Å². The standard InChI is InChI=1S/C36H27N5O/c1-40-31-20-19-28(23-32(31)41(2)36(40)42)27-16-10-18-30(22-27)35-38-33(25-13-7-4-8-14-25)37-34(39-35)29-17-9-15-26(21-29)24-11-5-3-6-12-24/h3-23H,1-2H3. The fraction of sp³-hybridized carbons (Fsp3) is 0.0556. The SMILES string of the molecule is Cn1c(=O)n(C)c2cc(-c3cccc(-c4nc(-c5ccccc5)nc(-c5cccc(-c6ccccc6)c5)n4)c3)ccc21. The summed E-state index contributed by atoms with van der Waals surface area (Å²) in [4.78, 5) is 27.3. The van der Waals surface area contributed by atoms with Crippen molar-refractivity contribution in [2.75, 3.05) is 0 Å². The molecule has 0 unspecified atom stereocenters. The molecule has 202 valence electrons. The molecule has 0 atom stereocenters. The molecule has 6 nitrogen and oxygen atoms in total. The van der Waals surface area contributed by atoms with Crippen LogP contribution in [0.25, 0.3) is 67.5 Å². The van der Waals surface area contributed by atoms with E-state index in [2.05, 4.69) is 42.5 Å². The predicted molar refractivity (Wildman–Crippen MR) is 169 cm³/mol. The average Bonchev–Trinajstić information content (AvgIpc) is 3.28. The van der Waals surface area contributed by atoms with Gasteiger partial charge in [-0.05, 0) is 46.5 Å². The Morgan fingerprint density at radius 3 is 1.43 bits per heavy atom. The summed E-state index contributed by atoms with van der Waals surface area (Å²) in [7, 11) is 3.60. The Bertz CT molecular complexity index is 2130. The third kappa shape index (κ3) is 4.59. The van der Waals surface area contributed by atoms with Gasteiger partial charge in [0.25, 0.3) is 0 Å². The van der Waals surface area contributed by atoms with Gasteiger partial charge in [-0.1, -0.05) is 103 Å². The maximum Gasteiger partial charge on any atom is 0.328 e. The van der Waals surface area contributed by atoms with Crippen LogP contribution in [0.3, 0.4) is 0 Å². The summed E-state index contributed by atoms with van der Waals surface area (Å²) >= 11 is 0. The molecule has 2 aromatic heterocycles. The topological polar surface area (TPSA) is 65.6 Å². The van der Waals surface area contributed by atoms with Crippen LogP contribution >= 0.6 is 0 Å². The average molecular weight is 546 g/mol. The van der Waals surface area contributed by atoms with Gasteiger partial charge in [-0.15, -0.1) is 0 Å². The minimum absolute atomic E-state index is 0.0432. The molecule has 0 saturated heterocycles. The van der Waals surface area contributed by atoms with Crippen molar-refractivity contribution >= 4 is 11.0 Å². The van der Waals surface area contributed by atoms with Gasteiger partial charge in [0.05, 0.1) is 11.0 Å². The van der Waals surface area contributed by atoms with Crippen molar-refractivity contribution in [1.29, 1.82) is 0 Å². The molecule has 7 aromatic rings. The molecule has 42 heavy (non-hydrogen) atoms. The number of aryl methyl sites for hydroxylation is 2. The highest BCUT2D eigenvalue weighted by Gasteiger charge is 2.14. The smallest absolute Gasteiger partial charge is 0.295 e. The molecule has 0 amide bonds. The van der Waals surface area contributed by atoms with E-state index >= 15 is 0 Å². The number of nitrogens with zero attached hydrogens (tertiary/aromatic N) is 5. The zero-order valence-corrected chi connectivity index (χ0v) is 23.3. The van der Waals surface area contributed by atoms with Crippen LogP contribution in [-0.2, 0) is 14.1 Å². The van der Waals surface area contributed by atoms with E-state index in [0.717, 1.165) is 50.0 Å². The molecule has 0 N–H and O–H groups in total. The lowest BCUT2D eigenvalue weighted by Crippen LogP contribution is -2.19. The number of benzene rings is 5. The van der Waals surface area contributed by atoms with E-state index in [9.17, 15) is 4.79 Å². The van der Waals surface area contributed by atoms with Crippen LogP contribution in [0, 0.1) is 0 Å². The van der Waals surface area contributed by atoms with Gasteiger partial charge < -0.3 is 0 Å². The molecule has 2 heterocycles. The van der Waals surface area contributed by atoms with E-state index in [1.54, 1.807) is 23.2 Å². The molecule has 6 heteroatoms. The van der Waals surface area contributed by atoms with Gasteiger partial charge >= 0.3 is 5.69 Å². The second-order valence-electron chi connectivity index (χ2n) is 10.3. The highest BCUT2D eigenvalue weighted by atomic mass is 16.1. The van der Waals surface area contributed by atoms with E-state index in [0.29, 0.717) is 17.5 Å². The number of imidazole rings is 1. The largest absolute Gasteiger partial charge is 0.328 e. The zero-order valence-electron chi connectivity index (χ0n) is 23.3. The van der Waals surface area contributed by atoms with E-state index in [1.807, 2.05) is 84.9 Å². The van der Waals surface area contributed by atoms with Gasteiger partial charge in [-0.25, -0.2) is 19.7 Å². The Morgan fingerprint density at radius 1 is 0.405 bits per heavy atom. The first-order chi connectivity index (χ1) is 20.5. The number of rotatable bonds is 5. The molecule has 0 fully saturated rings. The molecule has 0 saturated carbocycles. The van der Waals surface area contributed by atoms with Gasteiger partial charge in [0.2, 0.25) is 0 Å². The molecule has 0 spiro atoms. The summed E-state index contributed by atoms with van der Waals surface area (Å²) in [5.74, 6) is 1.83. The van der Waals surface area contributed by atoms with Crippen LogP contribution in [0.1, 0.15) is 0 Å². The van der Waals surface area contributed by atoms with Crippen molar-refractivity contribution in [2.45, 2.75) is 0 Å². The Hall–Kier alpha value is -5.62. The first-order valence-electron chi connectivity index (χ1n) is 13.8. The quantitative estimate of drug-likeness (QED) is 0.226. The molecule has 0 radical (unpaired) electrons. The zero-order chi connectivity index (χ0) is 28.6. The highest BCUT2D eigenvalue weighted by molar-refractivity contribution is 5.84. The first kappa shape index (κ1) is 25.4. The van der Waals surface area contributed by atoms with Crippen LogP contribution in [0.5, 0.6) is 0 Å². The second-order valence-corrected chi connectivity index (χ2v) is 10.3. The second kappa shape index (κ2) is 10.4. The minimum atomic E-state index is -0.0432. The van der Waals surface area contributed by atoms with E-state index in [-0.39, 0.29) is 5.69 Å². The summed E-state index contributed by atoms with van der Waals surface area (Å²) < 4.78 is 3.34. The summed E-state index contributed by atoms with van der Waals surface area (Å²) in [6, 6.07) is 42.9.